The van der Waals surface area contributed by atoms with E-state index in [1.807, 2.05) is 6.20 Å². The SMILES string of the molecule is CN1C=CN(C2(c3ccc(C4(c5ccn[nH]5)c5ccccc5-c5ccccc54)cc3)c3ccccc3-c3ccccc32)C1. The number of benzene rings is 5. The van der Waals surface area contributed by atoms with Crippen LogP contribution in [0.1, 0.15) is 39.1 Å². The second-order valence-electron chi connectivity index (χ2n) is 11.9. The Morgan fingerprint density at radius 1 is 0.558 bits per heavy atom. The lowest BCUT2D eigenvalue weighted by atomic mass is 9.69. The molecular formula is C39H30N4. The lowest BCUT2D eigenvalue weighted by Gasteiger charge is -2.42. The van der Waals surface area contributed by atoms with Crippen LogP contribution in [-0.4, -0.2) is 33.7 Å². The molecule has 0 fully saturated rings. The smallest absolute Gasteiger partial charge is 0.118 e. The summed E-state index contributed by atoms with van der Waals surface area (Å²) >= 11 is 0. The van der Waals surface area contributed by atoms with E-state index in [0.29, 0.717) is 0 Å². The number of aromatic nitrogens is 2. The fourth-order valence-corrected chi connectivity index (χ4v) is 8.16. The number of aromatic amines is 1. The first kappa shape index (κ1) is 24.3. The minimum atomic E-state index is -0.491. The van der Waals surface area contributed by atoms with Gasteiger partial charge < -0.3 is 9.80 Å². The summed E-state index contributed by atoms with van der Waals surface area (Å²) in [5.41, 5.74) is 13.0. The third-order valence-electron chi connectivity index (χ3n) is 9.82. The molecule has 43 heavy (non-hydrogen) atoms. The Hall–Kier alpha value is -5.35. The van der Waals surface area contributed by atoms with E-state index < -0.39 is 11.0 Å². The van der Waals surface area contributed by atoms with Crippen LogP contribution in [0.15, 0.2) is 146 Å². The number of hydrogen-bond donors (Lipinski definition) is 1. The molecule has 0 radical (unpaired) electrons. The Morgan fingerprint density at radius 3 is 1.53 bits per heavy atom. The van der Waals surface area contributed by atoms with Gasteiger partial charge >= 0.3 is 0 Å². The summed E-state index contributed by atoms with van der Waals surface area (Å²) in [6, 6.07) is 47.0. The highest BCUT2D eigenvalue weighted by molar-refractivity contribution is 5.86. The van der Waals surface area contributed by atoms with Crippen LogP contribution in [0, 0.1) is 0 Å². The molecule has 0 saturated heterocycles. The summed E-state index contributed by atoms with van der Waals surface area (Å²) < 4.78 is 0. The second-order valence-corrected chi connectivity index (χ2v) is 11.9. The van der Waals surface area contributed by atoms with E-state index in [4.69, 9.17) is 0 Å². The van der Waals surface area contributed by atoms with Gasteiger partial charge in [-0.25, -0.2) is 0 Å². The largest absolute Gasteiger partial charge is 0.362 e. The molecule has 1 aliphatic heterocycles. The monoisotopic (exact) mass is 554 g/mol. The Labute approximate surface area is 251 Å². The molecule has 5 aromatic carbocycles. The molecule has 0 spiro atoms. The number of nitrogens with zero attached hydrogens (tertiary/aromatic N) is 3. The van der Waals surface area contributed by atoms with Gasteiger partial charge in [-0.05, 0) is 61.7 Å². The van der Waals surface area contributed by atoms with Gasteiger partial charge in [-0.3, -0.25) is 5.10 Å². The quantitative estimate of drug-likeness (QED) is 0.242. The van der Waals surface area contributed by atoms with Crippen LogP contribution >= 0.6 is 0 Å². The predicted octanol–water partition coefficient (Wildman–Crippen LogP) is 7.72. The summed E-state index contributed by atoms with van der Waals surface area (Å²) in [6.07, 6.45) is 6.30. The summed E-state index contributed by atoms with van der Waals surface area (Å²) in [5, 5.41) is 7.82. The van der Waals surface area contributed by atoms with E-state index in [1.165, 1.54) is 55.6 Å². The van der Waals surface area contributed by atoms with E-state index in [-0.39, 0.29) is 0 Å². The zero-order chi connectivity index (χ0) is 28.6. The molecule has 2 aliphatic carbocycles. The third-order valence-corrected chi connectivity index (χ3v) is 9.82. The molecule has 0 unspecified atom stereocenters. The molecule has 3 aliphatic rings. The van der Waals surface area contributed by atoms with E-state index in [9.17, 15) is 0 Å². The van der Waals surface area contributed by atoms with Crippen LogP contribution < -0.4 is 0 Å². The molecule has 0 saturated carbocycles. The summed E-state index contributed by atoms with van der Waals surface area (Å²) in [7, 11) is 2.14. The molecule has 0 amide bonds. The normalized spacial score (nSPS) is 16.6. The number of rotatable bonds is 4. The zero-order valence-corrected chi connectivity index (χ0v) is 23.9. The average molecular weight is 555 g/mol. The Morgan fingerprint density at radius 2 is 1.05 bits per heavy atom. The van der Waals surface area contributed by atoms with Gasteiger partial charge in [0.15, 0.2) is 0 Å². The maximum Gasteiger partial charge on any atom is 0.118 e. The van der Waals surface area contributed by atoms with Gasteiger partial charge in [0.05, 0.1) is 17.8 Å². The molecule has 0 atom stereocenters. The van der Waals surface area contributed by atoms with Crippen LogP contribution in [0.4, 0.5) is 0 Å². The van der Waals surface area contributed by atoms with Crippen molar-refractivity contribution >= 4 is 0 Å². The third kappa shape index (κ3) is 3.02. The molecule has 1 aromatic heterocycles. The molecule has 1 N–H and O–H groups in total. The molecule has 0 bridgehead atoms. The van der Waals surface area contributed by atoms with Crippen molar-refractivity contribution in [1.82, 2.24) is 20.0 Å². The summed E-state index contributed by atoms with van der Waals surface area (Å²) in [6.45, 7) is 0.809. The molecule has 206 valence electrons. The summed E-state index contributed by atoms with van der Waals surface area (Å²) in [4.78, 5) is 4.75. The molecule has 4 nitrogen and oxygen atoms in total. The zero-order valence-electron chi connectivity index (χ0n) is 23.9. The van der Waals surface area contributed by atoms with Crippen LogP contribution in [-0.2, 0) is 11.0 Å². The van der Waals surface area contributed by atoms with Gasteiger partial charge in [-0.15, -0.1) is 0 Å². The summed E-state index contributed by atoms with van der Waals surface area (Å²) in [5.74, 6) is 0. The lowest BCUT2D eigenvalue weighted by Crippen LogP contribution is -2.44. The standard InChI is InChI=1S/C39H30N4/c1-42-24-25-43(26-42)39(35-16-8-4-12-31(35)32-13-5-9-17-36(32)39)28-20-18-27(19-21-28)38(37-22-23-40-41-37)33-14-6-2-10-29(33)30-11-3-7-15-34(30)38/h2-25H,26H2,1H3,(H,40,41). The lowest BCUT2D eigenvalue weighted by molar-refractivity contribution is 0.198. The maximum absolute atomic E-state index is 4.44. The highest BCUT2D eigenvalue weighted by Gasteiger charge is 2.50. The predicted molar refractivity (Wildman–Crippen MR) is 171 cm³/mol. The number of nitrogens with one attached hydrogen (secondary N) is 1. The van der Waals surface area contributed by atoms with E-state index in [1.54, 1.807) is 0 Å². The van der Waals surface area contributed by atoms with Crippen molar-refractivity contribution < 1.29 is 0 Å². The average Bonchev–Trinajstić information content (AvgIpc) is 3.86. The van der Waals surface area contributed by atoms with Crippen molar-refractivity contribution in [3.05, 3.63) is 185 Å². The van der Waals surface area contributed by atoms with Crippen LogP contribution in [0.3, 0.4) is 0 Å². The second kappa shape index (κ2) is 8.83. The van der Waals surface area contributed by atoms with Crippen molar-refractivity contribution in [3.8, 4) is 22.3 Å². The van der Waals surface area contributed by atoms with E-state index >= 15 is 0 Å². The number of H-pyrrole nitrogens is 1. The topological polar surface area (TPSA) is 35.2 Å². The van der Waals surface area contributed by atoms with Gasteiger partial charge in [0, 0.05) is 25.6 Å². The maximum atomic E-state index is 4.44. The van der Waals surface area contributed by atoms with Crippen molar-refractivity contribution in [1.29, 1.82) is 0 Å². The number of hydrogen-bond acceptors (Lipinski definition) is 3. The first-order valence-electron chi connectivity index (χ1n) is 14.9. The Balaban J connectivity index is 1.31. The van der Waals surface area contributed by atoms with Gasteiger partial charge in [-0.1, -0.05) is 121 Å². The first-order valence-corrected chi connectivity index (χ1v) is 14.9. The molecule has 2 heterocycles. The van der Waals surface area contributed by atoms with Crippen LogP contribution in [0.5, 0.6) is 0 Å². The van der Waals surface area contributed by atoms with Crippen molar-refractivity contribution in [2.75, 3.05) is 13.7 Å². The molecule has 6 aromatic rings. The highest BCUT2D eigenvalue weighted by atomic mass is 15.4. The van der Waals surface area contributed by atoms with Crippen molar-refractivity contribution in [2.45, 2.75) is 11.0 Å². The highest BCUT2D eigenvalue weighted by Crippen LogP contribution is 2.57. The fraction of sp³-hybridized carbons (Fsp3) is 0.103. The molecular weight excluding hydrogens is 524 g/mol. The molecule has 9 rings (SSSR count). The van der Waals surface area contributed by atoms with Gasteiger partial charge in [-0.2, -0.15) is 5.10 Å². The molecule has 4 heteroatoms. The van der Waals surface area contributed by atoms with Crippen molar-refractivity contribution in [3.63, 3.8) is 0 Å². The Kier molecular flexibility index (Phi) is 4.98. The number of fused-ring (bicyclic) bond motifs is 6. The van der Waals surface area contributed by atoms with Crippen molar-refractivity contribution in [2.24, 2.45) is 0 Å². The van der Waals surface area contributed by atoms with Crippen LogP contribution in [0.25, 0.3) is 22.3 Å². The van der Waals surface area contributed by atoms with E-state index in [2.05, 4.69) is 167 Å². The van der Waals surface area contributed by atoms with Crippen LogP contribution in [0.2, 0.25) is 0 Å². The van der Waals surface area contributed by atoms with Gasteiger partial charge in [0.1, 0.15) is 5.54 Å². The van der Waals surface area contributed by atoms with Gasteiger partial charge in [0.2, 0.25) is 0 Å². The fourth-order valence-electron chi connectivity index (χ4n) is 8.16. The van der Waals surface area contributed by atoms with E-state index in [0.717, 1.165) is 12.4 Å². The van der Waals surface area contributed by atoms with Gasteiger partial charge in [0.25, 0.3) is 0 Å². The first-order chi connectivity index (χ1) is 21.2. The minimum Gasteiger partial charge on any atom is -0.362 e. The minimum absolute atomic E-state index is 0.445. The Bertz CT molecular complexity index is 1950.